The number of esters is 1. The highest BCUT2D eigenvalue weighted by atomic mass is 35.5. The van der Waals surface area contributed by atoms with Crippen molar-refractivity contribution in [3.63, 3.8) is 0 Å². The molecule has 0 aliphatic rings. The van der Waals surface area contributed by atoms with E-state index >= 15 is 0 Å². The Morgan fingerprint density at radius 1 is 1.00 bits per heavy atom. The average molecular weight is 820 g/mol. The normalized spacial score (nSPS) is 10.1. The quantitative estimate of drug-likeness (QED) is 0.0371. The second-order valence-electron chi connectivity index (χ2n) is 10.2. The van der Waals surface area contributed by atoms with Gasteiger partial charge < -0.3 is 19.1 Å². The first-order valence-corrected chi connectivity index (χ1v) is 17.7. The second kappa shape index (κ2) is 24.4. The van der Waals surface area contributed by atoms with E-state index in [1.54, 1.807) is 29.2 Å². The number of nitro groups is 1. The van der Waals surface area contributed by atoms with Gasteiger partial charge in [0.2, 0.25) is 5.91 Å². The van der Waals surface area contributed by atoms with Crippen LogP contribution in [0.1, 0.15) is 35.3 Å². The minimum absolute atomic E-state index is 0.0371. The number of aryl methyl sites for hydroxylation is 2. The first-order chi connectivity index (χ1) is 24.7. The van der Waals surface area contributed by atoms with Crippen molar-refractivity contribution in [1.82, 2.24) is 4.90 Å². The van der Waals surface area contributed by atoms with Crippen LogP contribution in [0, 0.1) is 17.0 Å². The number of hydrogen-bond acceptors (Lipinski definition) is 8. The summed E-state index contributed by atoms with van der Waals surface area (Å²) >= 11 is 28.2. The van der Waals surface area contributed by atoms with Crippen LogP contribution in [0.2, 0.25) is 10.0 Å². The minimum Gasteiger partial charge on any atom is -0.465 e. The molecule has 3 rings (SSSR count). The number of halogens is 5. The third-order valence-corrected chi connectivity index (χ3v) is 7.83. The maximum absolute atomic E-state index is 12.0. The molecule has 0 bridgehead atoms. The fourth-order valence-electron chi connectivity index (χ4n) is 4.31. The Morgan fingerprint density at radius 3 is 2.15 bits per heavy atom. The van der Waals surface area contributed by atoms with Gasteiger partial charge in [-0.1, -0.05) is 83.7 Å². The summed E-state index contributed by atoms with van der Waals surface area (Å²) in [4.78, 5) is 47.1. The molecule has 0 aliphatic carbocycles. The predicted molar refractivity (Wildman–Crippen MR) is 209 cm³/mol. The number of anilines is 1. The number of nitrogens with zero attached hydrogens (tertiary/aromatic N) is 3. The van der Waals surface area contributed by atoms with Gasteiger partial charge in [0, 0.05) is 36.9 Å². The van der Waals surface area contributed by atoms with Crippen molar-refractivity contribution in [3.05, 3.63) is 117 Å². The summed E-state index contributed by atoms with van der Waals surface area (Å²) in [6.45, 7) is 14.7. The number of nitro benzene ring substituents is 1. The molecule has 0 saturated carbocycles. The van der Waals surface area contributed by atoms with E-state index in [4.69, 9.17) is 67.5 Å². The summed E-state index contributed by atoms with van der Waals surface area (Å²) in [6, 6.07) is 14.4. The minimum atomic E-state index is -1.01. The fourth-order valence-corrected chi connectivity index (χ4v) is 5.17. The molecular formula is C36H40Cl5N3O8. The molecule has 0 spiro atoms. The molecule has 0 saturated heterocycles. The molecule has 0 heterocycles. The van der Waals surface area contributed by atoms with Crippen LogP contribution in [-0.4, -0.2) is 71.9 Å². The summed E-state index contributed by atoms with van der Waals surface area (Å²) in [7, 11) is 1.13. The first-order valence-electron chi connectivity index (χ1n) is 15.5. The highest BCUT2D eigenvalue weighted by Gasteiger charge is 2.23. The number of rotatable bonds is 15. The SMILES string of the molecule is C=CCN(CC=C)C(=O)C(Cl)Cl.CCOCN(C(=O)CCl)c1c(C)cccc1CC.COC(=O)c1cc(Oc2ccc(Cl)cc2Cl)ccc1[N+](=O)[O-]. The topological polar surface area (TPSA) is 129 Å². The van der Waals surface area contributed by atoms with Crippen molar-refractivity contribution >= 4 is 87.2 Å². The lowest BCUT2D eigenvalue weighted by Gasteiger charge is -2.25. The molecule has 11 nitrogen and oxygen atoms in total. The van der Waals surface area contributed by atoms with Crippen LogP contribution in [-0.2, 0) is 25.5 Å². The van der Waals surface area contributed by atoms with Crippen LogP contribution in [0.4, 0.5) is 11.4 Å². The number of hydrogen-bond donors (Lipinski definition) is 0. The maximum atomic E-state index is 12.0. The fraction of sp³-hybridized carbons (Fsp3) is 0.306. The van der Waals surface area contributed by atoms with E-state index in [1.165, 1.54) is 23.1 Å². The lowest BCUT2D eigenvalue weighted by molar-refractivity contribution is -0.385. The number of benzene rings is 3. The smallest absolute Gasteiger partial charge is 0.345 e. The van der Waals surface area contributed by atoms with E-state index in [-0.39, 0.29) is 46.4 Å². The van der Waals surface area contributed by atoms with E-state index in [1.807, 2.05) is 32.0 Å². The molecule has 52 heavy (non-hydrogen) atoms. The van der Waals surface area contributed by atoms with Crippen molar-refractivity contribution < 1.29 is 33.5 Å². The average Bonchev–Trinajstić information content (AvgIpc) is 3.12. The Morgan fingerprint density at radius 2 is 1.65 bits per heavy atom. The summed E-state index contributed by atoms with van der Waals surface area (Å²) in [5.74, 6) is -0.817. The molecule has 2 amide bonds. The standard InChI is InChI=1S/C14H9Cl2NO5.C14H20ClNO2.C8H11Cl2NO/c1-21-14(18)10-7-9(3-4-12(10)17(19)20)22-13-5-2-8(15)6-11(13)16;1-4-12-8-6-7-11(3)14(12)16(10-18-5-2)13(17)9-15;1-3-5-11(6-4-2)8(12)7(9)10/h2-7H,1H3;6-8H,4-5,9-10H2,1-3H3;3-4,7H,1-2,5-6H2. The number of carbonyl (C=O) groups is 3. The molecule has 16 heteroatoms. The van der Waals surface area contributed by atoms with Gasteiger partial charge in [0.05, 0.1) is 22.7 Å². The highest BCUT2D eigenvalue weighted by Crippen LogP contribution is 2.33. The van der Waals surface area contributed by atoms with Crippen LogP contribution in [0.25, 0.3) is 0 Å². The zero-order chi connectivity index (χ0) is 39.4. The molecule has 0 unspecified atom stereocenters. The highest BCUT2D eigenvalue weighted by molar-refractivity contribution is 6.53. The summed E-state index contributed by atoms with van der Waals surface area (Å²) < 4.78 is 15.4. The molecule has 0 aliphatic heterocycles. The lowest BCUT2D eigenvalue weighted by Crippen LogP contribution is -2.35. The van der Waals surface area contributed by atoms with Gasteiger partial charge in [-0.2, -0.15) is 0 Å². The van der Waals surface area contributed by atoms with Gasteiger partial charge in [-0.3, -0.25) is 24.6 Å². The largest absolute Gasteiger partial charge is 0.465 e. The Balaban J connectivity index is 0.000000408. The molecular weight excluding hydrogens is 780 g/mol. The molecule has 3 aromatic rings. The molecule has 3 aromatic carbocycles. The lowest BCUT2D eigenvalue weighted by atomic mass is 10.0. The van der Waals surface area contributed by atoms with Gasteiger partial charge in [-0.15, -0.1) is 24.8 Å². The van der Waals surface area contributed by atoms with E-state index in [0.29, 0.717) is 30.5 Å². The summed E-state index contributed by atoms with van der Waals surface area (Å²) in [5.41, 5.74) is 2.54. The van der Waals surface area contributed by atoms with Gasteiger partial charge >= 0.3 is 5.97 Å². The number of amides is 2. The van der Waals surface area contributed by atoms with E-state index < -0.39 is 15.7 Å². The van der Waals surface area contributed by atoms with Gasteiger partial charge in [0.15, 0.2) is 4.84 Å². The molecule has 0 radical (unpaired) electrons. The Hall–Kier alpha value is -3.84. The number of methoxy groups -OCH3 is 1. The summed E-state index contributed by atoms with van der Waals surface area (Å²) in [6.07, 6.45) is 4.09. The maximum Gasteiger partial charge on any atom is 0.345 e. The Kier molecular flexibility index (Phi) is 21.7. The molecule has 282 valence electrons. The van der Waals surface area contributed by atoms with Crippen LogP contribution in [0.3, 0.4) is 0 Å². The third-order valence-electron chi connectivity index (χ3n) is 6.70. The van der Waals surface area contributed by atoms with Gasteiger partial charge in [0.1, 0.15) is 29.7 Å². The molecule has 0 N–H and O–H groups in total. The van der Waals surface area contributed by atoms with Crippen molar-refractivity contribution in [2.24, 2.45) is 0 Å². The van der Waals surface area contributed by atoms with Crippen LogP contribution in [0.5, 0.6) is 11.5 Å². The van der Waals surface area contributed by atoms with E-state index in [2.05, 4.69) is 24.8 Å². The number of alkyl halides is 3. The van der Waals surface area contributed by atoms with Gasteiger partial charge in [-0.25, -0.2) is 4.79 Å². The predicted octanol–water partition coefficient (Wildman–Crippen LogP) is 9.59. The van der Waals surface area contributed by atoms with Gasteiger partial charge in [0.25, 0.3) is 11.6 Å². The van der Waals surface area contributed by atoms with Crippen molar-refractivity contribution in [2.45, 2.75) is 32.0 Å². The van der Waals surface area contributed by atoms with Crippen molar-refractivity contribution in [2.75, 3.05) is 44.3 Å². The number of ether oxygens (including phenoxy) is 3. The molecule has 0 aromatic heterocycles. The van der Waals surface area contributed by atoms with Crippen molar-refractivity contribution in [3.8, 4) is 11.5 Å². The second-order valence-corrected chi connectivity index (χ2v) is 12.4. The van der Waals surface area contributed by atoms with Crippen molar-refractivity contribution in [1.29, 1.82) is 0 Å². The van der Waals surface area contributed by atoms with Gasteiger partial charge in [-0.05, 0) is 55.7 Å². The third kappa shape index (κ3) is 14.7. The van der Waals surface area contributed by atoms with E-state index in [9.17, 15) is 24.5 Å². The first kappa shape index (κ1) is 46.2. The Bertz CT molecular complexity index is 1680. The van der Waals surface area contributed by atoms with Crippen LogP contribution in [0.15, 0.2) is 79.9 Å². The zero-order valence-electron chi connectivity index (χ0n) is 29.1. The van der Waals surface area contributed by atoms with Crippen LogP contribution < -0.4 is 9.64 Å². The molecule has 0 atom stereocenters. The van der Waals surface area contributed by atoms with E-state index in [0.717, 1.165) is 36.4 Å². The zero-order valence-corrected chi connectivity index (χ0v) is 32.9. The summed E-state index contributed by atoms with van der Waals surface area (Å²) in [5, 5.41) is 11.6. The number of carbonyl (C=O) groups excluding carboxylic acids is 3. The van der Waals surface area contributed by atoms with Crippen LogP contribution >= 0.6 is 58.0 Å². The monoisotopic (exact) mass is 817 g/mol. The molecule has 0 fully saturated rings. The Labute approximate surface area is 328 Å². The number of para-hydroxylation sites is 1.